The first-order chi connectivity index (χ1) is 11.3. The minimum absolute atomic E-state index is 0.0936. The Morgan fingerprint density at radius 3 is 2.42 bits per heavy atom. The minimum atomic E-state index is -3.18. The normalized spacial score (nSPS) is 11.2. The molecule has 0 aliphatic heterocycles. The van der Waals surface area contributed by atoms with Gasteiger partial charge in [0.25, 0.3) is 5.69 Å². The molecule has 0 bridgehead atoms. The summed E-state index contributed by atoms with van der Waals surface area (Å²) < 4.78 is 23.0. The van der Waals surface area contributed by atoms with Gasteiger partial charge in [0, 0.05) is 18.9 Å². The van der Waals surface area contributed by atoms with Crippen molar-refractivity contribution in [3.63, 3.8) is 0 Å². The standard InChI is InChI=1S/C16H18N2O5S/c1-24(22,23)11-14-5-3-2-4-13(14)9-17-15-8-12(10-19)6-7-16(15)18(20)21/h2-8,17,19H,9-11H2,1H3. The quantitative estimate of drug-likeness (QED) is 0.585. The lowest BCUT2D eigenvalue weighted by atomic mass is 10.1. The van der Waals surface area contributed by atoms with Crippen LogP contribution in [-0.2, 0) is 28.7 Å². The van der Waals surface area contributed by atoms with Gasteiger partial charge in [0.05, 0.1) is 17.3 Å². The average Bonchev–Trinajstić information content (AvgIpc) is 2.52. The second-order valence-corrected chi connectivity index (χ2v) is 7.60. The number of anilines is 1. The first kappa shape index (κ1) is 17.9. The number of hydrogen-bond acceptors (Lipinski definition) is 6. The van der Waals surface area contributed by atoms with Crippen molar-refractivity contribution in [2.75, 3.05) is 11.6 Å². The molecule has 0 saturated carbocycles. The summed E-state index contributed by atoms with van der Waals surface area (Å²) in [7, 11) is -3.18. The van der Waals surface area contributed by atoms with Crippen molar-refractivity contribution in [1.29, 1.82) is 0 Å². The first-order valence-electron chi connectivity index (χ1n) is 7.16. The molecule has 0 radical (unpaired) electrons. The maximum atomic E-state index is 11.5. The molecule has 2 aromatic rings. The van der Waals surface area contributed by atoms with Gasteiger partial charge in [0.15, 0.2) is 9.84 Å². The van der Waals surface area contributed by atoms with Gasteiger partial charge in [-0.1, -0.05) is 24.3 Å². The zero-order chi connectivity index (χ0) is 17.7. The Balaban J connectivity index is 2.27. The molecule has 0 unspecified atom stereocenters. The fraction of sp³-hybridized carbons (Fsp3) is 0.250. The van der Waals surface area contributed by atoms with Crippen molar-refractivity contribution in [2.45, 2.75) is 18.9 Å². The van der Waals surface area contributed by atoms with E-state index in [9.17, 15) is 23.6 Å². The Morgan fingerprint density at radius 2 is 1.83 bits per heavy atom. The highest BCUT2D eigenvalue weighted by Crippen LogP contribution is 2.26. The number of benzene rings is 2. The third-order valence-electron chi connectivity index (χ3n) is 3.45. The Kier molecular flexibility index (Phi) is 5.53. The van der Waals surface area contributed by atoms with E-state index in [0.717, 1.165) is 11.8 Å². The molecule has 8 heteroatoms. The monoisotopic (exact) mass is 350 g/mol. The summed E-state index contributed by atoms with van der Waals surface area (Å²) in [6, 6.07) is 11.3. The molecule has 0 heterocycles. The first-order valence-corrected chi connectivity index (χ1v) is 9.23. The van der Waals surface area contributed by atoms with Gasteiger partial charge in [-0.2, -0.15) is 0 Å². The molecule has 7 nitrogen and oxygen atoms in total. The van der Waals surface area contributed by atoms with Crippen molar-refractivity contribution >= 4 is 21.2 Å². The Labute approximate surface area is 140 Å². The number of nitro groups is 1. The number of aliphatic hydroxyl groups is 1. The molecule has 24 heavy (non-hydrogen) atoms. The molecular formula is C16H18N2O5S. The van der Waals surface area contributed by atoms with Crippen LogP contribution in [0.4, 0.5) is 11.4 Å². The van der Waals surface area contributed by atoms with Crippen LogP contribution >= 0.6 is 0 Å². The van der Waals surface area contributed by atoms with Crippen LogP contribution in [-0.4, -0.2) is 24.7 Å². The van der Waals surface area contributed by atoms with Gasteiger partial charge in [-0.3, -0.25) is 10.1 Å². The molecule has 0 atom stereocenters. The lowest BCUT2D eigenvalue weighted by molar-refractivity contribution is -0.384. The molecule has 0 aliphatic carbocycles. The largest absolute Gasteiger partial charge is 0.392 e. The number of nitro benzene ring substituents is 1. The Hall–Kier alpha value is -2.45. The number of aliphatic hydroxyl groups excluding tert-OH is 1. The smallest absolute Gasteiger partial charge is 0.292 e. The Morgan fingerprint density at radius 1 is 1.17 bits per heavy atom. The van der Waals surface area contributed by atoms with Gasteiger partial charge in [0.1, 0.15) is 5.69 Å². The summed E-state index contributed by atoms with van der Waals surface area (Å²) in [4.78, 5) is 10.6. The highest BCUT2D eigenvalue weighted by Gasteiger charge is 2.15. The average molecular weight is 350 g/mol. The van der Waals surface area contributed by atoms with E-state index in [-0.39, 0.29) is 30.3 Å². The number of nitrogens with one attached hydrogen (secondary N) is 1. The summed E-state index contributed by atoms with van der Waals surface area (Å²) >= 11 is 0. The van der Waals surface area contributed by atoms with Crippen molar-refractivity contribution in [3.8, 4) is 0 Å². The van der Waals surface area contributed by atoms with Crippen LogP contribution in [0.2, 0.25) is 0 Å². The summed E-state index contributed by atoms with van der Waals surface area (Å²) in [5.41, 5.74) is 2.11. The number of rotatable bonds is 7. The fourth-order valence-electron chi connectivity index (χ4n) is 2.33. The highest BCUT2D eigenvalue weighted by molar-refractivity contribution is 7.89. The SMILES string of the molecule is CS(=O)(=O)Cc1ccccc1CNc1cc(CO)ccc1[N+](=O)[O-]. The summed E-state index contributed by atoms with van der Waals surface area (Å²) in [5, 5.41) is 23.3. The molecule has 0 spiro atoms. The van der Waals surface area contributed by atoms with Gasteiger partial charge >= 0.3 is 0 Å². The van der Waals surface area contributed by atoms with Gasteiger partial charge in [0.2, 0.25) is 0 Å². The van der Waals surface area contributed by atoms with Crippen LogP contribution in [0.5, 0.6) is 0 Å². The number of sulfone groups is 1. The number of nitrogens with zero attached hydrogens (tertiary/aromatic N) is 1. The van der Waals surface area contributed by atoms with Gasteiger partial charge in [-0.25, -0.2) is 8.42 Å². The van der Waals surface area contributed by atoms with E-state index >= 15 is 0 Å². The molecular weight excluding hydrogens is 332 g/mol. The van der Waals surface area contributed by atoms with Crippen LogP contribution in [0.1, 0.15) is 16.7 Å². The van der Waals surface area contributed by atoms with E-state index in [2.05, 4.69) is 5.32 Å². The molecule has 0 fully saturated rings. The fourth-order valence-corrected chi connectivity index (χ4v) is 3.17. The zero-order valence-corrected chi connectivity index (χ0v) is 13.9. The van der Waals surface area contributed by atoms with E-state index < -0.39 is 14.8 Å². The minimum Gasteiger partial charge on any atom is -0.392 e. The second-order valence-electron chi connectivity index (χ2n) is 5.46. The van der Waals surface area contributed by atoms with E-state index in [1.165, 1.54) is 18.2 Å². The second kappa shape index (κ2) is 7.41. The van der Waals surface area contributed by atoms with Crippen molar-refractivity contribution in [1.82, 2.24) is 0 Å². The maximum absolute atomic E-state index is 11.5. The molecule has 2 rings (SSSR count). The van der Waals surface area contributed by atoms with E-state index in [0.29, 0.717) is 11.1 Å². The predicted molar refractivity (Wildman–Crippen MR) is 91.3 cm³/mol. The third-order valence-corrected chi connectivity index (χ3v) is 4.28. The van der Waals surface area contributed by atoms with E-state index in [1.54, 1.807) is 24.3 Å². The van der Waals surface area contributed by atoms with Gasteiger partial charge < -0.3 is 10.4 Å². The Bertz CT molecular complexity index is 849. The van der Waals surface area contributed by atoms with E-state index in [1.807, 2.05) is 0 Å². The maximum Gasteiger partial charge on any atom is 0.292 e. The summed E-state index contributed by atoms with van der Waals surface area (Å²) in [5.74, 6) is -0.0936. The zero-order valence-electron chi connectivity index (χ0n) is 13.1. The van der Waals surface area contributed by atoms with Crippen LogP contribution in [0.3, 0.4) is 0 Å². The predicted octanol–water partition coefficient (Wildman–Crippen LogP) is 2.24. The number of hydrogen-bond donors (Lipinski definition) is 2. The molecule has 2 N–H and O–H groups in total. The van der Waals surface area contributed by atoms with Crippen molar-refractivity contribution < 1.29 is 18.4 Å². The lowest BCUT2D eigenvalue weighted by Crippen LogP contribution is -2.08. The molecule has 2 aromatic carbocycles. The van der Waals surface area contributed by atoms with Gasteiger partial charge in [-0.05, 0) is 28.8 Å². The highest BCUT2D eigenvalue weighted by atomic mass is 32.2. The lowest BCUT2D eigenvalue weighted by Gasteiger charge is -2.12. The molecule has 0 aliphatic rings. The summed E-state index contributed by atoms with van der Waals surface area (Å²) in [6.45, 7) is 0.0127. The van der Waals surface area contributed by atoms with Crippen molar-refractivity contribution in [2.24, 2.45) is 0 Å². The molecule has 0 amide bonds. The molecule has 0 saturated heterocycles. The van der Waals surface area contributed by atoms with Crippen LogP contribution in [0.15, 0.2) is 42.5 Å². The van der Waals surface area contributed by atoms with Crippen LogP contribution < -0.4 is 5.32 Å². The molecule has 0 aromatic heterocycles. The van der Waals surface area contributed by atoms with Crippen molar-refractivity contribution in [3.05, 3.63) is 69.3 Å². The van der Waals surface area contributed by atoms with Crippen LogP contribution in [0.25, 0.3) is 0 Å². The van der Waals surface area contributed by atoms with Crippen LogP contribution in [0, 0.1) is 10.1 Å². The van der Waals surface area contributed by atoms with Gasteiger partial charge in [-0.15, -0.1) is 0 Å². The topological polar surface area (TPSA) is 110 Å². The van der Waals surface area contributed by atoms with E-state index in [4.69, 9.17) is 0 Å². The molecule has 128 valence electrons. The third kappa shape index (κ3) is 4.77. The summed E-state index contributed by atoms with van der Waals surface area (Å²) in [6.07, 6.45) is 1.16.